The lowest BCUT2D eigenvalue weighted by atomic mass is 9.75. The summed E-state index contributed by atoms with van der Waals surface area (Å²) in [6.45, 7) is 2.06. The zero-order chi connectivity index (χ0) is 18.8. The summed E-state index contributed by atoms with van der Waals surface area (Å²) in [5.74, 6) is 0. The molecule has 5 heteroatoms. The van der Waals surface area contributed by atoms with Crippen LogP contribution in [0.1, 0.15) is 23.4 Å². The average molecular weight is 387 g/mol. The SMILES string of the molecule is c1ccc(CC2(c3nnc(-c4ccc5cnccc5c4)s3)CCNCC2)cc1. The molecular formula is C23H22N4S. The second-order valence-corrected chi connectivity index (χ2v) is 8.52. The molecule has 0 radical (unpaired) electrons. The lowest BCUT2D eigenvalue weighted by Gasteiger charge is -2.35. The number of hydrogen-bond acceptors (Lipinski definition) is 5. The molecule has 140 valence electrons. The van der Waals surface area contributed by atoms with Gasteiger partial charge < -0.3 is 5.32 Å². The molecule has 3 heterocycles. The Morgan fingerprint density at radius 3 is 2.64 bits per heavy atom. The zero-order valence-corrected chi connectivity index (χ0v) is 16.5. The van der Waals surface area contributed by atoms with E-state index in [-0.39, 0.29) is 5.41 Å². The van der Waals surface area contributed by atoms with Crippen LogP contribution in [-0.4, -0.2) is 28.3 Å². The number of benzene rings is 2. The van der Waals surface area contributed by atoms with Gasteiger partial charge in [0.2, 0.25) is 0 Å². The molecule has 0 bridgehead atoms. The summed E-state index contributed by atoms with van der Waals surface area (Å²) in [4.78, 5) is 4.20. The molecular weight excluding hydrogens is 364 g/mol. The van der Waals surface area contributed by atoms with Gasteiger partial charge in [-0.25, -0.2) is 0 Å². The first kappa shape index (κ1) is 17.5. The lowest BCUT2D eigenvalue weighted by molar-refractivity contribution is 0.302. The van der Waals surface area contributed by atoms with Gasteiger partial charge in [-0.1, -0.05) is 53.8 Å². The molecule has 28 heavy (non-hydrogen) atoms. The van der Waals surface area contributed by atoms with Gasteiger partial charge in [0, 0.05) is 28.8 Å². The van der Waals surface area contributed by atoms with Crippen LogP contribution in [0.4, 0.5) is 0 Å². The smallest absolute Gasteiger partial charge is 0.147 e. The molecule has 1 aliphatic heterocycles. The predicted molar refractivity (Wildman–Crippen MR) is 115 cm³/mol. The van der Waals surface area contributed by atoms with Crippen LogP contribution >= 0.6 is 11.3 Å². The summed E-state index contributed by atoms with van der Waals surface area (Å²) in [6, 6.07) is 19.3. The lowest BCUT2D eigenvalue weighted by Crippen LogP contribution is -2.41. The van der Waals surface area contributed by atoms with E-state index in [9.17, 15) is 0 Å². The van der Waals surface area contributed by atoms with Gasteiger partial charge >= 0.3 is 0 Å². The molecule has 0 aliphatic carbocycles. The topological polar surface area (TPSA) is 50.7 Å². The Morgan fingerprint density at radius 2 is 1.79 bits per heavy atom. The Hall–Kier alpha value is -2.63. The highest BCUT2D eigenvalue weighted by molar-refractivity contribution is 7.14. The highest BCUT2D eigenvalue weighted by Crippen LogP contribution is 2.40. The first-order valence-corrected chi connectivity index (χ1v) is 10.6. The van der Waals surface area contributed by atoms with Crippen LogP contribution in [0.25, 0.3) is 21.3 Å². The molecule has 1 N–H and O–H groups in total. The van der Waals surface area contributed by atoms with Crippen molar-refractivity contribution in [2.75, 3.05) is 13.1 Å². The van der Waals surface area contributed by atoms with Crippen LogP contribution in [0.5, 0.6) is 0 Å². The molecule has 0 atom stereocenters. The summed E-state index contributed by atoms with van der Waals surface area (Å²) < 4.78 is 0. The monoisotopic (exact) mass is 386 g/mol. The fourth-order valence-corrected chi connectivity index (χ4v) is 5.21. The van der Waals surface area contributed by atoms with Crippen molar-refractivity contribution in [3.05, 3.63) is 77.6 Å². The Kier molecular flexibility index (Phi) is 4.63. The van der Waals surface area contributed by atoms with Crippen LogP contribution in [-0.2, 0) is 11.8 Å². The number of piperidine rings is 1. The number of rotatable bonds is 4. The first-order valence-electron chi connectivity index (χ1n) is 9.75. The van der Waals surface area contributed by atoms with Crippen molar-refractivity contribution in [3.8, 4) is 10.6 Å². The van der Waals surface area contributed by atoms with E-state index in [2.05, 4.69) is 63.9 Å². The zero-order valence-electron chi connectivity index (χ0n) is 15.6. The fourth-order valence-electron chi connectivity index (χ4n) is 4.13. The van der Waals surface area contributed by atoms with Crippen LogP contribution in [0.15, 0.2) is 67.0 Å². The maximum absolute atomic E-state index is 4.69. The van der Waals surface area contributed by atoms with Crippen molar-refractivity contribution < 1.29 is 0 Å². The van der Waals surface area contributed by atoms with Crippen LogP contribution in [0.2, 0.25) is 0 Å². The van der Waals surface area contributed by atoms with E-state index in [4.69, 9.17) is 5.10 Å². The highest BCUT2D eigenvalue weighted by Gasteiger charge is 2.37. The van der Waals surface area contributed by atoms with E-state index in [1.807, 2.05) is 18.5 Å². The molecule has 0 amide bonds. The van der Waals surface area contributed by atoms with Crippen molar-refractivity contribution in [3.63, 3.8) is 0 Å². The van der Waals surface area contributed by atoms with Gasteiger partial charge in [0.1, 0.15) is 10.0 Å². The Labute approximate surface area is 168 Å². The van der Waals surface area contributed by atoms with E-state index < -0.39 is 0 Å². The van der Waals surface area contributed by atoms with Crippen molar-refractivity contribution in [2.45, 2.75) is 24.7 Å². The maximum atomic E-state index is 4.69. The van der Waals surface area contributed by atoms with Gasteiger partial charge in [-0.15, -0.1) is 10.2 Å². The Balaban J connectivity index is 1.51. The quantitative estimate of drug-likeness (QED) is 0.556. The van der Waals surface area contributed by atoms with E-state index in [0.717, 1.165) is 48.3 Å². The fraction of sp³-hybridized carbons (Fsp3) is 0.261. The van der Waals surface area contributed by atoms with Gasteiger partial charge in [0.05, 0.1) is 0 Å². The maximum Gasteiger partial charge on any atom is 0.147 e. The van der Waals surface area contributed by atoms with Crippen LogP contribution in [0.3, 0.4) is 0 Å². The first-order chi connectivity index (χ1) is 13.8. The molecule has 2 aromatic heterocycles. The Morgan fingerprint density at radius 1 is 0.929 bits per heavy atom. The van der Waals surface area contributed by atoms with Gasteiger partial charge in [0.15, 0.2) is 0 Å². The summed E-state index contributed by atoms with van der Waals surface area (Å²) >= 11 is 1.75. The number of pyridine rings is 1. The second kappa shape index (κ2) is 7.41. The molecule has 2 aromatic carbocycles. The third-order valence-corrected chi connectivity index (χ3v) is 6.93. The summed E-state index contributed by atoms with van der Waals surface area (Å²) in [5, 5.41) is 17.3. The molecule has 1 fully saturated rings. The summed E-state index contributed by atoms with van der Waals surface area (Å²) in [7, 11) is 0. The molecule has 0 spiro atoms. The highest BCUT2D eigenvalue weighted by atomic mass is 32.1. The van der Waals surface area contributed by atoms with Gasteiger partial charge in [-0.05, 0) is 55.4 Å². The molecule has 0 unspecified atom stereocenters. The van der Waals surface area contributed by atoms with Gasteiger partial charge in [-0.3, -0.25) is 4.98 Å². The third-order valence-electron chi connectivity index (χ3n) is 5.71. The largest absolute Gasteiger partial charge is 0.317 e. The molecule has 1 aliphatic rings. The molecule has 4 aromatic rings. The van der Waals surface area contributed by atoms with E-state index in [1.54, 1.807) is 11.3 Å². The standard InChI is InChI=1S/C23H22N4S/c1-2-4-17(5-3-1)15-23(9-12-24-13-10-23)22-27-26-21(28-22)19-6-7-20-16-25-11-8-18(20)14-19/h1-8,11,14,16,24H,9-10,12-13,15H2. The van der Waals surface area contributed by atoms with Crippen molar-refractivity contribution >= 4 is 22.1 Å². The predicted octanol–water partition coefficient (Wildman–Crippen LogP) is 4.62. The summed E-state index contributed by atoms with van der Waals surface area (Å²) in [6.07, 6.45) is 6.95. The normalized spacial score (nSPS) is 16.3. The van der Waals surface area contributed by atoms with Gasteiger partial charge in [-0.2, -0.15) is 0 Å². The minimum Gasteiger partial charge on any atom is -0.317 e. The number of nitrogens with one attached hydrogen (secondary N) is 1. The number of hydrogen-bond donors (Lipinski definition) is 1. The second-order valence-electron chi connectivity index (χ2n) is 7.54. The van der Waals surface area contributed by atoms with E-state index >= 15 is 0 Å². The summed E-state index contributed by atoms with van der Waals surface area (Å²) in [5.41, 5.74) is 2.58. The molecule has 0 saturated carbocycles. The van der Waals surface area contributed by atoms with Crippen LogP contribution in [0, 0.1) is 0 Å². The molecule has 5 rings (SSSR count). The number of aromatic nitrogens is 3. The molecule has 4 nitrogen and oxygen atoms in total. The van der Waals surface area contributed by atoms with E-state index in [1.165, 1.54) is 16.0 Å². The third kappa shape index (κ3) is 3.32. The van der Waals surface area contributed by atoms with Gasteiger partial charge in [0.25, 0.3) is 0 Å². The Bertz CT molecular complexity index is 1080. The van der Waals surface area contributed by atoms with Crippen LogP contribution < -0.4 is 5.32 Å². The van der Waals surface area contributed by atoms with E-state index in [0.29, 0.717) is 0 Å². The average Bonchev–Trinajstić information content (AvgIpc) is 3.26. The van der Waals surface area contributed by atoms with Crippen molar-refractivity contribution in [2.24, 2.45) is 0 Å². The number of nitrogens with zero attached hydrogens (tertiary/aromatic N) is 3. The van der Waals surface area contributed by atoms with Crippen molar-refractivity contribution in [1.82, 2.24) is 20.5 Å². The minimum absolute atomic E-state index is 0.0727. The minimum atomic E-state index is 0.0727. The van der Waals surface area contributed by atoms with Crippen molar-refractivity contribution in [1.29, 1.82) is 0 Å². The number of fused-ring (bicyclic) bond motifs is 1. The molecule has 1 saturated heterocycles.